The summed E-state index contributed by atoms with van der Waals surface area (Å²) in [6, 6.07) is 2.29. The molecule has 3 rings (SSSR count). The van der Waals surface area contributed by atoms with Gasteiger partial charge in [0, 0.05) is 17.7 Å². The van der Waals surface area contributed by atoms with E-state index in [1.165, 1.54) is 0 Å². The molecule has 1 aliphatic heterocycles. The molecule has 2 aromatic rings. The van der Waals surface area contributed by atoms with Crippen molar-refractivity contribution in [2.45, 2.75) is 12.3 Å². The van der Waals surface area contributed by atoms with E-state index >= 15 is 0 Å². The highest BCUT2D eigenvalue weighted by molar-refractivity contribution is 5.81. The van der Waals surface area contributed by atoms with Crippen LogP contribution < -0.4 is 15.2 Å². The Morgan fingerprint density at radius 2 is 1.77 bits per heavy atom. The fraction of sp³-hybridized carbons (Fsp3) is 0.250. The summed E-state index contributed by atoms with van der Waals surface area (Å²) in [4.78, 5) is 0. The van der Waals surface area contributed by atoms with Crippen LogP contribution in [0.5, 0.6) is 28.7 Å². The van der Waals surface area contributed by atoms with Crippen molar-refractivity contribution in [2.75, 3.05) is 13.2 Å². The lowest BCUT2D eigenvalue weighted by molar-refractivity contribution is -0.138. The van der Waals surface area contributed by atoms with Crippen LogP contribution in [0.4, 0.5) is 17.6 Å². The normalized spacial score (nSPS) is 16.6. The van der Waals surface area contributed by atoms with Gasteiger partial charge in [-0.2, -0.15) is 13.2 Å². The number of nitrogens with two attached hydrogens (primary N) is 1. The van der Waals surface area contributed by atoms with E-state index in [2.05, 4.69) is 0 Å². The van der Waals surface area contributed by atoms with E-state index < -0.39 is 57.8 Å². The van der Waals surface area contributed by atoms with Crippen LogP contribution in [0.3, 0.4) is 0 Å². The van der Waals surface area contributed by atoms with Gasteiger partial charge in [0.1, 0.15) is 18.3 Å². The second-order valence-corrected chi connectivity index (χ2v) is 5.55. The van der Waals surface area contributed by atoms with E-state index in [1.807, 2.05) is 0 Å². The second-order valence-electron chi connectivity index (χ2n) is 5.55. The molecule has 0 unspecified atom stereocenters. The third-order valence-corrected chi connectivity index (χ3v) is 3.85. The maximum absolute atomic E-state index is 14.0. The number of phenolic OH excluding ortho intramolecular Hbond substituents is 3. The molecule has 6 nitrogen and oxygen atoms in total. The van der Waals surface area contributed by atoms with E-state index in [0.29, 0.717) is 6.07 Å². The Bertz CT molecular complexity index is 869. The van der Waals surface area contributed by atoms with Crippen LogP contribution in [-0.4, -0.2) is 34.6 Å². The van der Waals surface area contributed by atoms with Gasteiger partial charge < -0.3 is 30.5 Å². The zero-order valence-electron chi connectivity index (χ0n) is 13.0. The number of halogens is 4. The number of hydrogen-bond acceptors (Lipinski definition) is 6. The van der Waals surface area contributed by atoms with Crippen LogP contribution in [0.2, 0.25) is 0 Å². The van der Waals surface area contributed by atoms with Crippen molar-refractivity contribution in [3.8, 4) is 39.9 Å². The monoisotopic (exact) mass is 375 g/mol. The average Bonchev–Trinajstić information content (AvgIpc) is 2.58. The predicted molar refractivity (Wildman–Crippen MR) is 80.8 cm³/mol. The Morgan fingerprint density at radius 3 is 2.38 bits per heavy atom. The quantitative estimate of drug-likeness (QED) is 0.475. The highest BCUT2D eigenvalue weighted by Gasteiger charge is 2.40. The molecule has 0 bridgehead atoms. The highest BCUT2D eigenvalue weighted by atomic mass is 19.4. The number of ether oxygens (including phenoxy) is 2. The van der Waals surface area contributed by atoms with Crippen LogP contribution in [0.25, 0.3) is 11.1 Å². The Morgan fingerprint density at radius 1 is 1.08 bits per heavy atom. The number of aromatic hydroxyl groups is 3. The molecule has 0 fully saturated rings. The van der Waals surface area contributed by atoms with Crippen molar-refractivity contribution in [1.29, 1.82) is 0 Å². The third kappa shape index (κ3) is 2.81. The van der Waals surface area contributed by atoms with Crippen molar-refractivity contribution in [1.82, 2.24) is 0 Å². The van der Waals surface area contributed by atoms with Gasteiger partial charge in [0.2, 0.25) is 5.75 Å². The van der Waals surface area contributed by atoms with Gasteiger partial charge in [0.25, 0.3) is 0 Å². The lowest BCUT2D eigenvalue weighted by atomic mass is 9.96. The maximum Gasteiger partial charge on any atom is 0.420 e. The van der Waals surface area contributed by atoms with Gasteiger partial charge in [-0.05, 0) is 18.2 Å². The summed E-state index contributed by atoms with van der Waals surface area (Å²) < 4.78 is 65.0. The first-order chi connectivity index (χ1) is 12.1. The van der Waals surface area contributed by atoms with Crippen molar-refractivity contribution < 1.29 is 42.4 Å². The van der Waals surface area contributed by atoms with Crippen molar-refractivity contribution in [3.63, 3.8) is 0 Å². The fourth-order valence-corrected chi connectivity index (χ4v) is 2.63. The minimum absolute atomic E-state index is 0.0377. The second kappa shape index (κ2) is 6.13. The first-order valence-electron chi connectivity index (χ1n) is 7.32. The van der Waals surface area contributed by atoms with Crippen LogP contribution in [0.1, 0.15) is 5.56 Å². The Balaban J connectivity index is 2.33. The fourth-order valence-electron chi connectivity index (χ4n) is 2.63. The van der Waals surface area contributed by atoms with Gasteiger partial charge in [0.05, 0.1) is 0 Å². The van der Waals surface area contributed by atoms with Gasteiger partial charge in [-0.3, -0.25) is 0 Å². The molecule has 0 amide bonds. The maximum atomic E-state index is 14.0. The minimum Gasteiger partial charge on any atom is -0.504 e. The molecule has 1 atom stereocenters. The Hall–Kier alpha value is -2.88. The first-order valence-corrected chi connectivity index (χ1v) is 7.32. The zero-order chi connectivity index (χ0) is 19.2. The van der Waals surface area contributed by atoms with E-state index in [4.69, 9.17) is 15.2 Å². The lowest BCUT2D eigenvalue weighted by Crippen LogP contribution is -2.36. The van der Waals surface area contributed by atoms with Crippen molar-refractivity contribution >= 4 is 0 Å². The van der Waals surface area contributed by atoms with E-state index in [9.17, 15) is 32.9 Å². The molecular formula is C16H13F4NO5. The van der Waals surface area contributed by atoms with Gasteiger partial charge in [-0.15, -0.1) is 0 Å². The number of alkyl halides is 3. The van der Waals surface area contributed by atoms with E-state index in [1.54, 1.807) is 0 Å². The van der Waals surface area contributed by atoms with Gasteiger partial charge in [0.15, 0.2) is 28.8 Å². The molecule has 0 aliphatic carbocycles. The molecule has 140 valence electrons. The summed E-state index contributed by atoms with van der Waals surface area (Å²) in [5.41, 5.74) is 2.80. The SMILES string of the molecule is NC[C@H]1COc2c(O)c(F)cc(-c3ccc(O)c(O)c3C(F)(F)F)c2O1. The molecule has 26 heavy (non-hydrogen) atoms. The summed E-state index contributed by atoms with van der Waals surface area (Å²) >= 11 is 0. The number of phenols is 3. The summed E-state index contributed by atoms with van der Waals surface area (Å²) in [6.07, 6.45) is -5.80. The Labute approximate surface area is 144 Å². The van der Waals surface area contributed by atoms with Gasteiger partial charge in [-0.25, -0.2) is 4.39 Å². The Kier molecular flexibility index (Phi) is 4.23. The first kappa shape index (κ1) is 17.9. The minimum atomic E-state index is -5.07. The molecule has 0 saturated carbocycles. The molecule has 0 radical (unpaired) electrons. The molecule has 1 aliphatic rings. The standard InChI is InChI=1S/C16H13F4NO5/c17-9-3-8(14-15(12(9)23)25-5-6(4-21)26-14)7-1-2-10(22)13(24)11(7)16(18,19)20/h1-3,6,22-24H,4-5,21H2/t6-/m0/s1. The van der Waals surface area contributed by atoms with E-state index in [0.717, 1.165) is 12.1 Å². The van der Waals surface area contributed by atoms with Gasteiger partial charge >= 0.3 is 6.18 Å². The van der Waals surface area contributed by atoms with Crippen LogP contribution in [-0.2, 0) is 6.18 Å². The van der Waals surface area contributed by atoms with Crippen LogP contribution >= 0.6 is 0 Å². The average molecular weight is 375 g/mol. The summed E-state index contributed by atoms with van der Waals surface area (Å²) in [6.45, 7) is -0.170. The van der Waals surface area contributed by atoms with E-state index in [-0.39, 0.29) is 18.9 Å². The molecule has 10 heteroatoms. The van der Waals surface area contributed by atoms with Crippen molar-refractivity contribution in [2.24, 2.45) is 5.73 Å². The largest absolute Gasteiger partial charge is 0.504 e. The molecule has 2 aromatic carbocycles. The highest BCUT2D eigenvalue weighted by Crippen LogP contribution is 2.52. The molecular weight excluding hydrogens is 362 g/mol. The van der Waals surface area contributed by atoms with Crippen molar-refractivity contribution in [3.05, 3.63) is 29.6 Å². The van der Waals surface area contributed by atoms with Gasteiger partial charge in [-0.1, -0.05) is 0 Å². The number of rotatable bonds is 2. The van der Waals surface area contributed by atoms with Crippen LogP contribution in [0, 0.1) is 5.82 Å². The zero-order valence-corrected chi connectivity index (χ0v) is 13.0. The molecule has 1 heterocycles. The number of hydrogen-bond donors (Lipinski definition) is 4. The topological polar surface area (TPSA) is 105 Å². The lowest BCUT2D eigenvalue weighted by Gasteiger charge is -2.28. The molecule has 0 saturated heterocycles. The summed E-state index contributed by atoms with van der Waals surface area (Å²) in [5, 5.41) is 28.9. The smallest absolute Gasteiger partial charge is 0.420 e. The molecule has 0 aromatic heterocycles. The third-order valence-electron chi connectivity index (χ3n) is 3.85. The molecule has 0 spiro atoms. The van der Waals surface area contributed by atoms with Crippen LogP contribution in [0.15, 0.2) is 18.2 Å². The summed E-state index contributed by atoms with van der Waals surface area (Å²) in [7, 11) is 0. The predicted octanol–water partition coefficient (Wildman–Crippen LogP) is 2.73. The number of benzene rings is 2. The number of fused-ring (bicyclic) bond motifs is 1. The summed E-state index contributed by atoms with van der Waals surface area (Å²) in [5.74, 6) is -5.38. The molecule has 5 N–H and O–H groups in total.